The van der Waals surface area contributed by atoms with E-state index in [9.17, 15) is 14.4 Å². The van der Waals surface area contributed by atoms with Crippen LogP contribution in [-0.4, -0.2) is 84.2 Å². The van der Waals surface area contributed by atoms with Gasteiger partial charge in [-0.2, -0.15) is 5.10 Å². The van der Waals surface area contributed by atoms with E-state index in [1.807, 2.05) is 24.8 Å². The van der Waals surface area contributed by atoms with Crippen molar-refractivity contribution in [2.75, 3.05) is 37.9 Å². The molecule has 4 amide bonds. The highest BCUT2D eigenvalue weighted by Crippen LogP contribution is 2.46. The topological polar surface area (TPSA) is 148 Å². The SMILES string of the molecule is C1COCCO1.C[C@@H]1CN2c3cnc(-c4ccn[nH]4)cc3CC3(C(=O)NC(=O)NC3=O)[C@H]2[C@H](C)O1. The maximum Gasteiger partial charge on any atom is 0.328 e. The monoisotopic (exact) mass is 484 g/mol. The predicted octanol–water partition coefficient (Wildman–Crippen LogP) is 0.396. The van der Waals surface area contributed by atoms with Crippen LogP contribution in [0.5, 0.6) is 0 Å². The van der Waals surface area contributed by atoms with E-state index in [-0.39, 0.29) is 12.5 Å². The second-order valence-electron chi connectivity index (χ2n) is 9.03. The number of pyridine rings is 1. The Balaban J connectivity index is 0.000000371. The summed E-state index contributed by atoms with van der Waals surface area (Å²) in [6.07, 6.45) is 3.05. The molecule has 0 aromatic carbocycles. The van der Waals surface area contributed by atoms with Gasteiger partial charge >= 0.3 is 6.03 Å². The van der Waals surface area contributed by atoms with Crippen molar-refractivity contribution < 1.29 is 28.6 Å². The lowest BCUT2D eigenvalue weighted by molar-refractivity contribution is -0.153. The first-order valence-electron chi connectivity index (χ1n) is 11.6. The van der Waals surface area contributed by atoms with Gasteiger partial charge in [-0.05, 0) is 31.5 Å². The van der Waals surface area contributed by atoms with E-state index in [1.165, 1.54) is 0 Å². The third-order valence-electron chi connectivity index (χ3n) is 6.72. The zero-order valence-electron chi connectivity index (χ0n) is 19.6. The Morgan fingerprint density at radius 2 is 1.74 bits per heavy atom. The molecule has 35 heavy (non-hydrogen) atoms. The van der Waals surface area contributed by atoms with E-state index >= 15 is 0 Å². The van der Waals surface area contributed by atoms with Crippen LogP contribution in [0.4, 0.5) is 10.5 Å². The molecular formula is C23H28N6O6. The third-order valence-corrected chi connectivity index (χ3v) is 6.72. The molecule has 0 unspecified atom stereocenters. The Labute approximate surface area is 201 Å². The van der Waals surface area contributed by atoms with Gasteiger partial charge < -0.3 is 19.1 Å². The fraction of sp³-hybridized carbons (Fsp3) is 0.522. The fourth-order valence-electron chi connectivity index (χ4n) is 5.32. The highest BCUT2D eigenvalue weighted by Gasteiger charge is 2.62. The Kier molecular flexibility index (Phi) is 6.26. The van der Waals surface area contributed by atoms with Crippen LogP contribution in [0.15, 0.2) is 24.5 Å². The van der Waals surface area contributed by atoms with Gasteiger partial charge in [0.2, 0.25) is 11.8 Å². The second kappa shape index (κ2) is 9.36. The predicted molar refractivity (Wildman–Crippen MR) is 122 cm³/mol. The number of nitrogens with one attached hydrogen (secondary N) is 3. The number of carbonyl (C=O) groups excluding carboxylic acids is 3. The molecule has 3 saturated heterocycles. The minimum absolute atomic E-state index is 0.0899. The number of ether oxygens (including phenoxy) is 3. The average molecular weight is 485 g/mol. The molecule has 0 bridgehead atoms. The Morgan fingerprint density at radius 1 is 1.06 bits per heavy atom. The number of morpholine rings is 1. The summed E-state index contributed by atoms with van der Waals surface area (Å²) in [4.78, 5) is 44.5. The number of hydrogen-bond donors (Lipinski definition) is 3. The van der Waals surface area contributed by atoms with E-state index in [0.717, 1.165) is 43.4 Å². The fourth-order valence-corrected chi connectivity index (χ4v) is 5.32. The van der Waals surface area contributed by atoms with Crippen molar-refractivity contribution in [3.63, 3.8) is 0 Å². The summed E-state index contributed by atoms with van der Waals surface area (Å²) in [7, 11) is 0. The number of fused-ring (bicyclic) bond motifs is 4. The Bertz CT molecular complexity index is 1090. The molecule has 12 nitrogen and oxygen atoms in total. The maximum absolute atomic E-state index is 13.1. The largest absolute Gasteiger partial charge is 0.377 e. The Morgan fingerprint density at radius 3 is 2.34 bits per heavy atom. The molecule has 12 heteroatoms. The van der Waals surface area contributed by atoms with Crippen molar-refractivity contribution in [2.24, 2.45) is 5.41 Å². The number of barbiturate groups is 1. The lowest BCUT2D eigenvalue weighted by Gasteiger charge is -2.55. The molecule has 3 fully saturated rings. The number of H-pyrrole nitrogens is 1. The molecule has 4 aliphatic heterocycles. The lowest BCUT2D eigenvalue weighted by atomic mass is 9.67. The minimum Gasteiger partial charge on any atom is -0.377 e. The lowest BCUT2D eigenvalue weighted by Crippen LogP contribution is -2.75. The molecule has 4 aliphatic rings. The number of anilines is 1. The maximum atomic E-state index is 13.1. The van der Waals surface area contributed by atoms with Crippen LogP contribution in [0.1, 0.15) is 19.4 Å². The van der Waals surface area contributed by atoms with Gasteiger partial charge in [0.05, 0.1) is 67.9 Å². The number of aromatic amines is 1. The summed E-state index contributed by atoms with van der Waals surface area (Å²) < 4.78 is 15.9. The normalized spacial score (nSPS) is 27.2. The number of rotatable bonds is 1. The molecule has 2 aromatic heterocycles. The molecule has 0 aliphatic carbocycles. The molecule has 6 rings (SSSR count). The van der Waals surface area contributed by atoms with E-state index in [2.05, 4.69) is 25.8 Å². The van der Waals surface area contributed by atoms with Crippen LogP contribution >= 0.6 is 0 Å². The number of carbonyl (C=O) groups is 3. The zero-order chi connectivity index (χ0) is 24.6. The molecule has 1 spiro atoms. The highest BCUT2D eigenvalue weighted by atomic mass is 16.6. The van der Waals surface area contributed by atoms with E-state index in [0.29, 0.717) is 12.2 Å². The van der Waals surface area contributed by atoms with Gasteiger partial charge in [0, 0.05) is 19.2 Å². The van der Waals surface area contributed by atoms with Crippen LogP contribution in [0.25, 0.3) is 11.4 Å². The van der Waals surface area contributed by atoms with Crippen molar-refractivity contribution in [3.05, 3.63) is 30.1 Å². The van der Waals surface area contributed by atoms with Crippen LogP contribution in [0.3, 0.4) is 0 Å². The minimum atomic E-state index is -1.48. The van der Waals surface area contributed by atoms with Gasteiger partial charge in [-0.15, -0.1) is 0 Å². The first-order chi connectivity index (χ1) is 16.9. The molecular weight excluding hydrogens is 456 g/mol. The van der Waals surface area contributed by atoms with Crippen molar-refractivity contribution in [1.82, 2.24) is 25.8 Å². The van der Waals surface area contributed by atoms with Crippen molar-refractivity contribution in [1.29, 1.82) is 0 Å². The van der Waals surface area contributed by atoms with Crippen LogP contribution in [-0.2, 0) is 30.2 Å². The van der Waals surface area contributed by atoms with Gasteiger partial charge in [-0.3, -0.25) is 30.3 Å². The number of urea groups is 1. The number of amides is 4. The summed E-state index contributed by atoms with van der Waals surface area (Å²) in [5.41, 5.74) is 1.59. The first kappa shape index (κ1) is 23.4. The van der Waals surface area contributed by atoms with Gasteiger partial charge in [0.15, 0.2) is 5.41 Å². The van der Waals surface area contributed by atoms with Crippen molar-refractivity contribution in [3.8, 4) is 11.4 Å². The molecule has 3 N–H and O–H groups in total. The number of nitrogens with zero attached hydrogens (tertiary/aromatic N) is 3. The standard InChI is InChI=1S/C19H20N6O4.C4H8O2/c1-9-8-25-14-7-20-13(12-3-4-21-24-12)5-11(14)6-19(15(25)10(2)29-9)16(26)22-18(28)23-17(19)27;1-2-6-4-3-5-1/h3-5,7,9-10,15H,6,8H2,1-2H3,(H,21,24)(H2,22,23,26,27,28);1-4H2/t9-,10+,15-;/m1./s1. The molecule has 0 radical (unpaired) electrons. The summed E-state index contributed by atoms with van der Waals surface area (Å²) in [6.45, 7) is 7.41. The average Bonchev–Trinajstić information content (AvgIpc) is 3.38. The van der Waals surface area contributed by atoms with Crippen LogP contribution in [0, 0.1) is 5.41 Å². The summed E-state index contributed by atoms with van der Waals surface area (Å²) in [5, 5.41) is 11.4. The summed E-state index contributed by atoms with van der Waals surface area (Å²) in [6, 6.07) is 2.31. The van der Waals surface area contributed by atoms with Gasteiger partial charge in [-0.25, -0.2) is 4.79 Å². The summed E-state index contributed by atoms with van der Waals surface area (Å²) >= 11 is 0. The molecule has 2 aromatic rings. The van der Waals surface area contributed by atoms with E-state index in [1.54, 1.807) is 18.5 Å². The highest BCUT2D eigenvalue weighted by molar-refractivity contribution is 6.20. The number of aromatic nitrogens is 3. The quantitative estimate of drug-likeness (QED) is 0.489. The molecule has 6 heterocycles. The number of hydrogen-bond acceptors (Lipinski definition) is 9. The molecule has 186 valence electrons. The molecule has 3 atom stereocenters. The van der Waals surface area contributed by atoms with Crippen molar-refractivity contribution in [2.45, 2.75) is 38.5 Å². The van der Waals surface area contributed by atoms with Gasteiger partial charge in [-0.1, -0.05) is 0 Å². The van der Waals surface area contributed by atoms with Crippen LogP contribution < -0.4 is 15.5 Å². The summed E-state index contributed by atoms with van der Waals surface area (Å²) in [5.74, 6) is -1.20. The van der Waals surface area contributed by atoms with Crippen LogP contribution in [0.2, 0.25) is 0 Å². The van der Waals surface area contributed by atoms with Gasteiger partial charge in [0.25, 0.3) is 0 Å². The molecule has 0 saturated carbocycles. The second-order valence-corrected chi connectivity index (χ2v) is 9.03. The Hall–Kier alpha value is -3.35. The van der Waals surface area contributed by atoms with Crippen molar-refractivity contribution >= 4 is 23.5 Å². The van der Waals surface area contributed by atoms with Gasteiger partial charge in [0.1, 0.15) is 0 Å². The third kappa shape index (κ3) is 4.17. The first-order valence-corrected chi connectivity index (χ1v) is 11.6. The zero-order valence-corrected chi connectivity index (χ0v) is 19.6. The van der Waals surface area contributed by atoms with E-state index < -0.39 is 35.4 Å². The van der Waals surface area contributed by atoms with E-state index in [4.69, 9.17) is 14.2 Å². The number of imide groups is 2. The smallest absolute Gasteiger partial charge is 0.328 e.